The Labute approximate surface area is 77.8 Å². The number of hydrogen-bond donors (Lipinski definition) is 8. The van der Waals surface area contributed by atoms with Crippen molar-refractivity contribution in [3.8, 4) is 0 Å². The number of carbonyl (C=O) groups is 1. The summed E-state index contributed by atoms with van der Waals surface area (Å²) in [6.07, 6.45) is 0. The largest absolute Gasteiger partial charge is 0.370 e. The lowest BCUT2D eigenvalue weighted by Crippen LogP contribution is -2.43. The second-order valence-corrected chi connectivity index (χ2v) is 1.31. The maximum Gasteiger partial charge on any atom is 0.343 e. The molecule has 0 unspecified atom stereocenters. The van der Waals surface area contributed by atoms with E-state index >= 15 is 0 Å². The number of urea groups is 1. The quantitative estimate of drug-likeness (QED) is 0.0499. The molecule has 0 saturated carbocycles. The van der Waals surface area contributed by atoms with E-state index in [1.54, 1.807) is 10.9 Å². The Morgan fingerprint density at radius 2 is 1.50 bits per heavy atom. The van der Waals surface area contributed by atoms with E-state index in [1.165, 1.54) is 0 Å². The summed E-state index contributed by atoms with van der Waals surface area (Å²) in [4.78, 5) is 18.1. The van der Waals surface area contributed by atoms with Gasteiger partial charge in [-0.3, -0.25) is 16.3 Å². The molecule has 0 spiro atoms. The molecule has 0 fully saturated rings. The highest BCUT2D eigenvalue weighted by molar-refractivity contribution is 5.72. The molecule has 0 rings (SSSR count). The van der Waals surface area contributed by atoms with Crippen molar-refractivity contribution in [3.05, 3.63) is 10.1 Å². The van der Waals surface area contributed by atoms with Gasteiger partial charge in [0.2, 0.25) is 0 Å². The van der Waals surface area contributed by atoms with E-state index in [9.17, 15) is 4.79 Å². The highest BCUT2D eigenvalue weighted by Gasteiger charge is 1.83. The molecule has 84 valence electrons. The molecule has 0 heterocycles. The highest BCUT2D eigenvalue weighted by Crippen LogP contribution is 1.42. The Morgan fingerprint density at radius 1 is 1.36 bits per heavy atom. The van der Waals surface area contributed by atoms with Gasteiger partial charge >= 0.3 is 6.03 Å². The van der Waals surface area contributed by atoms with Crippen LogP contribution in [0.25, 0.3) is 0 Å². The average Bonchev–Trinajstić information content (AvgIpc) is 2.01. The van der Waals surface area contributed by atoms with Crippen molar-refractivity contribution >= 4 is 12.0 Å². The summed E-state index contributed by atoms with van der Waals surface area (Å²) < 4.78 is 0. The number of hydrazine groups is 2. The van der Waals surface area contributed by atoms with Crippen LogP contribution >= 0.6 is 0 Å². The Balaban J connectivity index is -0.000000135. The summed E-state index contributed by atoms with van der Waals surface area (Å²) in [6.45, 7) is 0. The lowest BCUT2D eigenvalue weighted by atomic mass is 11.1. The van der Waals surface area contributed by atoms with E-state index in [0.717, 1.165) is 0 Å². The summed E-state index contributed by atoms with van der Waals surface area (Å²) in [6, 6.07) is -0.602. The molecule has 12 heteroatoms. The lowest BCUT2D eigenvalue weighted by molar-refractivity contribution is -0.742. The fourth-order valence-corrected chi connectivity index (χ4v) is 0.0417. The van der Waals surface area contributed by atoms with Crippen molar-refractivity contribution in [3.63, 3.8) is 0 Å². The smallest absolute Gasteiger partial charge is 0.343 e. The normalized spacial score (nSPS) is 6.43. The fourth-order valence-electron chi connectivity index (χ4n) is 0.0417. The predicted molar refractivity (Wildman–Crippen MR) is 44.9 cm³/mol. The molecule has 12 N–H and O–H groups in total. The van der Waals surface area contributed by atoms with E-state index in [2.05, 4.69) is 23.2 Å². The summed E-state index contributed by atoms with van der Waals surface area (Å²) in [5.41, 5.74) is 12.4. The Morgan fingerprint density at radius 3 is 1.50 bits per heavy atom. The van der Waals surface area contributed by atoms with Crippen molar-refractivity contribution < 1.29 is 15.1 Å². The van der Waals surface area contributed by atoms with Crippen molar-refractivity contribution in [2.45, 2.75) is 0 Å². The number of nitrogens with one attached hydrogen (secondary N) is 3. The molecule has 0 aromatic heterocycles. The molecular weight excluding hydrogens is 200 g/mol. The Kier molecular flexibility index (Phi) is 16.7. The second kappa shape index (κ2) is 13.3. The SMILES string of the molecule is N=C(N)N.NNC(=O)NN.O=[N+]([O-])O. The van der Waals surface area contributed by atoms with Gasteiger partial charge in [0.1, 0.15) is 0 Å². The first-order valence-corrected chi connectivity index (χ1v) is 2.67. The molecule has 0 saturated heterocycles. The maximum absolute atomic E-state index is 9.71. The Hall–Kier alpha value is -2.34. The zero-order valence-corrected chi connectivity index (χ0v) is 6.93. The first kappa shape index (κ1) is 17.7. The van der Waals surface area contributed by atoms with Crippen LogP contribution < -0.4 is 34.0 Å². The van der Waals surface area contributed by atoms with Gasteiger partial charge in [-0.25, -0.2) is 16.5 Å². The minimum atomic E-state index is -1.50. The average molecular weight is 212 g/mol. The lowest BCUT2D eigenvalue weighted by Gasteiger charge is -1.90. The molecule has 0 aromatic carbocycles. The third-order valence-electron chi connectivity index (χ3n) is 0.262. The fraction of sp³-hybridized carbons (Fsp3) is 0. The van der Waals surface area contributed by atoms with E-state index in [4.69, 9.17) is 20.7 Å². The summed E-state index contributed by atoms with van der Waals surface area (Å²) in [5.74, 6) is 8.75. The van der Waals surface area contributed by atoms with Gasteiger partial charge in [-0.15, -0.1) is 10.1 Å². The first-order valence-electron chi connectivity index (χ1n) is 2.67. The van der Waals surface area contributed by atoms with Gasteiger partial charge in [-0.05, 0) is 0 Å². The predicted octanol–water partition coefficient (Wildman–Crippen LogP) is -3.48. The van der Waals surface area contributed by atoms with Gasteiger partial charge in [-0.2, -0.15) is 0 Å². The number of nitrogens with two attached hydrogens (primary N) is 4. The summed E-state index contributed by atoms with van der Waals surface area (Å²) in [5, 5.41) is 19.7. The minimum Gasteiger partial charge on any atom is -0.370 e. The van der Waals surface area contributed by atoms with Gasteiger partial charge < -0.3 is 16.7 Å². The van der Waals surface area contributed by atoms with Crippen LogP contribution in [0.15, 0.2) is 0 Å². The molecule has 0 aliphatic carbocycles. The number of carbonyl (C=O) groups excluding carboxylic acids is 1. The maximum atomic E-state index is 9.71. The van der Waals surface area contributed by atoms with Crippen LogP contribution in [0.5, 0.6) is 0 Å². The summed E-state index contributed by atoms with van der Waals surface area (Å²) >= 11 is 0. The van der Waals surface area contributed by atoms with E-state index in [0.29, 0.717) is 0 Å². The highest BCUT2D eigenvalue weighted by atomic mass is 16.9. The number of rotatable bonds is 0. The van der Waals surface area contributed by atoms with E-state index < -0.39 is 11.1 Å². The van der Waals surface area contributed by atoms with Crippen LogP contribution in [0.4, 0.5) is 4.79 Å². The second-order valence-electron chi connectivity index (χ2n) is 1.31. The molecule has 12 nitrogen and oxygen atoms in total. The minimum absolute atomic E-state index is 0.333. The number of amides is 2. The molecule has 0 atom stereocenters. The molecule has 14 heavy (non-hydrogen) atoms. The van der Waals surface area contributed by atoms with Crippen LogP contribution in [0.3, 0.4) is 0 Å². The van der Waals surface area contributed by atoms with Crippen LogP contribution in [0.2, 0.25) is 0 Å². The molecule has 0 aliphatic rings. The van der Waals surface area contributed by atoms with Gasteiger partial charge in [-0.1, -0.05) is 0 Å². The molecule has 0 radical (unpaired) electrons. The molecule has 0 bridgehead atoms. The van der Waals surface area contributed by atoms with Gasteiger partial charge in [0.15, 0.2) is 5.96 Å². The van der Waals surface area contributed by atoms with E-state index in [-0.39, 0.29) is 5.96 Å². The third kappa shape index (κ3) is 263. The standard InChI is InChI=1S/CH6N4O.CH5N3.HNO3/c2-4-1(6)5-3;2*2-1(3)4/h2-3H2,(H2,4,5,6);(H5,2,3,4);(H,2,3,4). The van der Waals surface area contributed by atoms with Crippen molar-refractivity contribution in [1.29, 1.82) is 5.41 Å². The van der Waals surface area contributed by atoms with Gasteiger partial charge in [0, 0.05) is 0 Å². The van der Waals surface area contributed by atoms with Crippen LogP contribution in [0.1, 0.15) is 0 Å². The topological polar surface area (TPSA) is 232 Å². The number of hydrogen-bond acceptors (Lipinski definition) is 6. The molecule has 2 amide bonds. The number of guanidine groups is 1. The third-order valence-corrected chi connectivity index (χ3v) is 0.262. The first-order chi connectivity index (χ1) is 6.27. The van der Waals surface area contributed by atoms with Crippen molar-refractivity contribution in [2.75, 3.05) is 0 Å². The van der Waals surface area contributed by atoms with Crippen molar-refractivity contribution in [2.24, 2.45) is 23.2 Å². The molecule has 0 aromatic rings. The molecule has 0 aliphatic heterocycles. The van der Waals surface area contributed by atoms with Gasteiger partial charge in [0.05, 0.1) is 0 Å². The molecular formula is C2H12N8O4. The Bertz CT molecular complexity index is 154. The summed E-state index contributed by atoms with van der Waals surface area (Å²) in [7, 11) is 0. The van der Waals surface area contributed by atoms with Crippen LogP contribution in [-0.4, -0.2) is 22.3 Å². The van der Waals surface area contributed by atoms with Gasteiger partial charge in [0.25, 0.3) is 5.09 Å². The van der Waals surface area contributed by atoms with E-state index in [1.807, 2.05) is 0 Å². The monoisotopic (exact) mass is 212 g/mol. The zero-order chi connectivity index (χ0) is 12.1. The van der Waals surface area contributed by atoms with Crippen LogP contribution in [-0.2, 0) is 0 Å². The number of nitrogens with zero attached hydrogens (tertiary/aromatic N) is 1. The zero-order valence-electron chi connectivity index (χ0n) is 6.93. The van der Waals surface area contributed by atoms with Crippen LogP contribution in [0, 0.1) is 15.5 Å². The van der Waals surface area contributed by atoms with Crippen molar-refractivity contribution in [1.82, 2.24) is 10.9 Å².